The molecular weight excluding hydrogens is 288 g/mol. The van der Waals surface area contributed by atoms with Crippen molar-refractivity contribution in [2.75, 3.05) is 17.2 Å². The van der Waals surface area contributed by atoms with Crippen LogP contribution in [0.25, 0.3) is 0 Å². The van der Waals surface area contributed by atoms with Gasteiger partial charge in [0.05, 0.1) is 12.6 Å². The molecule has 2 rings (SSSR count). The molecule has 2 aromatic rings. The van der Waals surface area contributed by atoms with E-state index < -0.39 is 0 Å². The summed E-state index contributed by atoms with van der Waals surface area (Å²) in [7, 11) is 0. The molecule has 0 spiro atoms. The molecule has 122 valence electrons. The van der Waals surface area contributed by atoms with Crippen LogP contribution in [0.1, 0.15) is 26.3 Å². The maximum atomic E-state index is 12.0. The lowest BCUT2D eigenvalue weighted by molar-refractivity contribution is -0.114. The number of rotatable bonds is 7. The van der Waals surface area contributed by atoms with Crippen LogP contribution >= 0.6 is 0 Å². The van der Waals surface area contributed by atoms with Gasteiger partial charge >= 0.3 is 0 Å². The van der Waals surface area contributed by atoms with Crippen LogP contribution in [-0.4, -0.2) is 18.6 Å². The maximum absolute atomic E-state index is 12.0. The second kappa shape index (κ2) is 8.22. The zero-order valence-electron chi connectivity index (χ0n) is 13.9. The molecule has 0 bridgehead atoms. The number of ether oxygens (including phenoxy) is 1. The van der Waals surface area contributed by atoms with Gasteiger partial charge in [0.2, 0.25) is 5.91 Å². The van der Waals surface area contributed by atoms with E-state index in [2.05, 4.69) is 23.6 Å². The lowest BCUT2D eigenvalue weighted by Crippen LogP contribution is -2.22. The van der Waals surface area contributed by atoms with Gasteiger partial charge in [0.15, 0.2) is 0 Å². The highest BCUT2D eigenvalue weighted by Gasteiger charge is 2.05. The zero-order chi connectivity index (χ0) is 16.7. The van der Waals surface area contributed by atoms with Gasteiger partial charge in [-0.25, -0.2) is 0 Å². The standard InChI is InChI=1S/C19H24N2O2/c1-4-15-7-5-6-8-18(15)20-13-19(22)21-16-9-11-17(12-10-16)23-14(2)3/h5-12,14,20H,4,13H2,1-3H3,(H,21,22). The minimum absolute atomic E-state index is 0.0755. The Balaban J connectivity index is 1.87. The van der Waals surface area contributed by atoms with Crippen molar-refractivity contribution in [3.63, 3.8) is 0 Å². The van der Waals surface area contributed by atoms with Gasteiger partial charge in [0.1, 0.15) is 5.75 Å². The molecule has 1 amide bonds. The van der Waals surface area contributed by atoms with E-state index in [-0.39, 0.29) is 18.6 Å². The van der Waals surface area contributed by atoms with Crippen LogP contribution in [0.4, 0.5) is 11.4 Å². The van der Waals surface area contributed by atoms with Crippen molar-refractivity contribution < 1.29 is 9.53 Å². The molecule has 0 aliphatic carbocycles. The first-order valence-electron chi connectivity index (χ1n) is 7.97. The number of aryl methyl sites for hydroxylation is 1. The van der Waals surface area contributed by atoms with Crippen LogP contribution in [0.2, 0.25) is 0 Å². The van der Waals surface area contributed by atoms with E-state index in [9.17, 15) is 4.79 Å². The monoisotopic (exact) mass is 312 g/mol. The Morgan fingerprint density at radius 1 is 1.09 bits per heavy atom. The molecule has 4 heteroatoms. The lowest BCUT2D eigenvalue weighted by Gasteiger charge is -2.12. The van der Waals surface area contributed by atoms with Crippen molar-refractivity contribution in [2.24, 2.45) is 0 Å². The molecule has 0 aromatic heterocycles. The van der Waals surface area contributed by atoms with E-state index in [0.29, 0.717) is 0 Å². The Labute approximate surface area is 137 Å². The number of benzene rings is 2. The summed E-state index contributed by atoms with van der Waals surface area (Å²) in [5.74, 6) is 0.724. The summed E-state index contributed by atoms with van der Waals surface area (Å²) >= 11 is 0. The van der Waals surface area contributed by atoms with Crippen molar-refractivity contribution in [1.29, 1.82) is 0 Å². The van der Waals surface area contributed by atoms with Crippen LogP contribution < -0.4 is 15.4 Å². The number of amides is 1. The second-order valence-electron chi connectivity index (χ2n) is 5.60. The summed E-state index contributed by atoms with van der Waals surface area (Å²) in [6.07, 6.45) is 1.07. The minimum atomic E-state index is -0.0755. The Morgan fingerprint density at radius 3 is 2.43 bits per heavy atom. The molecule has 0 atom stereocenters. The van der Waals surface area contributed by atoms with Crippen molar-refractivity contribution in [1.82, 2.24) is 0 Å². The summed E-state index contributed by atoms with van der Waals surface area (Å²) in [5, 5.41) is 6.06. The summed E-state index contributed by atoms with van der Waals surface area (Å²) in [4.78, 5) is 12.0. The average Bonchev–Trinajstić information content (AvgIpc) is 2.54. The third-order valence-corrected chi connectivity index (χ3v) is 3.35. The Hall–Kier alpha value is -2.49. The van der Waals surface area contributed by atoms with E-state index in [1.165, 1.54) is 5.56 Å². The topological polar surface area (TPSA) is 50.4 Å². The molecule has 2 N–H and O–H groups in total. The number of carbonyl (C=O) groups excluding carboxylic acids is 1. The number of para-hydroxylation sites is 1. The molecule has 0 fully saturated rings. The van der Waals surface area contributed by atoms with E-state index in [1.807, 2.05) is 56.3 Å². The number of nitrogens with one attached hydrogen (secondary N) is 2. The zero-order valence-corrected chi connectivity index (χ0v) is 13.9. The second-order valence-corrected chi connectivity index (χ2v) is 5.60. The van der Waals surface area contributed by atoms with Gasteiger partial charge in [0.25, 0.3) is 0 Å². The molecule has 0 aliphatic heterocycles. The normalized spacial score (nSPS) is 10.4. The third-order valence-electron chi connectivity index (χ3n) is 3.35. The van der Waals surface area contributed by atoms with Gasteiger partial charge in [-0.1, -0.05) is 25.1 Å². The average molecular weight is 312 g/mol. The fourth-order valence-corrected chi connectivity index (χ4v) is 2.27. The van der Waals surface area contributed by atoms with Crippen LogP contribution in [0.15, 0.2) is 48.5 Å². The van der Waals surface area contributed by atoms with Crippen molar-refractivity contribution in [2.45, 2.75) is 33.3 Å². The Morgan fingerprint density at radius 2 is 1.78 bits per heavy atom. The van der Waals surface area contributed by atoms with Gasteiger partial charge in [-0.3, -0.25) is 4.79 Å². The predicted octanol–water partition coefficient (Wildman–Crippen LogP) is 4.09. The van der Waals surface area contributed by atoms with Gasteiger partial charge in [-0.2, -0.15) is 0 Å². The third kappa shape index (κ3) is 5.33. The molecule has 0 saturated heterocycles. The smallest absolute Gasteiger partial charge is 0.243 e. The number of carbonyl (C=O) groups is 1. The molecule has 0 heterocycles. The highest BCUT2D eigenvalue weighted by Crippen LogP contribution is 2.17. The minimum Gasteiger partial charge on any atom is -0.491 e. The van der Waals surface area contributed by atoms with E-state index in [4.69, 9.17) is 4.74 Å². The van der Waals surface area contributed by atoms with Crippen LogP contribution in [0.5, 0.6) is 5.75 Å². The molecule has 2 aromatic carbocycles. The first-order chi connectivity index (χ1) is 11.1. The first kappa shape index (κ1) is 16.9. The largest absolute Gasteiger partial charge is 0.491 e. The summed E-state index contributed by atoms with van der Waals surface area (Å²) < 4.78 is 5.58. The van der Waals surface area contributed by atoms with Crippen LogP contribution in [0, 0.1) is 0 Å². The van der Waals surface area contributed by atoms with Crippen molar-refractivity contribution in [3.8, 4) is 5.75 Å². The van der Waals surface area contributed by atoms with Crippen LogP contribution in [0.3, 0.4) is 0 Å². The fraction of sp³-hybridized carbons (Fsp3) is 0.316. The number of anilines is 2. The Bertz CT molecular complexity index is 636. The van der Waals surface area contributed by atoms with Crippen molar-refractivity contribution >= 4 is 17.3 Å². The molecule has 4 nitrogen and oxygen atoms in total. The highest BCUT2D eigenvalue weighted by molar-refractivity contribution is 5.93. The molecular formula is C19H24N2O2. The first-order valence-corrected chi connectivity index (χ1v) is 7.97. The maximum Gasteiger partial charge on any atom is 0.243 e. The molecule has 23 heavy (non-hydrogen) atoms. The van der Waals surface area contributed by atoms with Gasteiger partial charge in [-0.05, 0) is 56.2 Å². The lowest BCUT2D eigenvalue weighted by atomic mass is 10.1. The van der Waals surface area contributed by atoms with Gasteiger partial charge < -0.3 is 15.4 Å². The summed E-state index contributed by atoms with van der Waals surface area (Å²) in [6.45, 7) is 6.30. The summed E-state index contributed by atoms with van der Waals surface area (Å²) in [6, 6.07) is 15.4. The van der Waals surface area contributed by atoms with E-state index >= 15 is 0 Å². The molecule has 0 radical (unpaired) electrons. The van der Waals surface area contributed by atoms with E-state index in [1.54, 1.807) is 0 Å². The fourth-order valence-electron chi connectivity index (χ4n) is 2.27. The van der Waals surface area contributed by atoms with Gasteiger partial charge in [0, 0.05) is 11.4 Å². The van der Waals surface area contributed by atoms with E-state index in [0.717, 1.165) is 23.5 Å². The van der Waals surface area contributed by atoms with Crippen LogP contribution in [-0.2, 0) is 11.2 Å². The SMILES string of the molecule is CCc1ccccc1NCC(=O)Nc1ccc(OC(C)C)cc1. The molecule has 0 aliphatic rings. The Kier molecular flexibility index (Phi) is 6.03. The molecule has 0 saturated carbocycles. The summed E-state index contributed by atoms with van der Waals surface area (Å²) in [5.41, 5.74) is 2.97. The predicted molar refractivity (Wildman–Crippen MR) is 95.1 cm³/mol. The van der Waals surface area contributed by atoms with Crippen molar-refractivity contribution in [3.05, 3.63) is 54.1 Å². The van der Waals surface area contributed by atoms with Gasteiger partial charge in [-0.15, -0.1) is 0 Å². The highest BCUT2D eigenvalue weighted by atomic mass is 16.5. The molecule has 0 unspecified atom stereocenters. The number of hydrogen-bond donors (Lipinski definition) is 2. The quantitative estimate of drug-likeness (QED) is 0.809. The number of hydrogen-bond acceptors (Lipinski definition) is 3.